The molecule has 1 nitrogen and oxygen atoms in total. The Labute approximate surface area is 115 Å². The second kappa shape index (κ2) is 5.13. The van der Waals surface area contributed by atoms with Crippen molar-refractivity contribution in [3.05, 3.63) is 34.2 Å². The Morgan fingerprint density at radius 1 is 1.06 bits per heavy atom. The molecule has 1 radical (unpaired) electrons. The topological polar surface area (TPSA) is 20.2 Å². The second-order valence-corrected chi connectivity index (χ2v) is 6.68. The molecule has 0 heterocycles. The molecule has 1 N–H and O–H groups in total. The third kappa shape index (κ3) is 2.83. The Morgan fingerprint density at radius 2 is 1.67 bits per heavy atom. The highest BCUT2D eigenvalue weighted by Crippen LogP contribution is 2.41. The van der Waals surface area contributed by atoms with Crippen LogP contribution >= 0.6 is 11.6 Å². The van der Waals surface area contributed by atoms with Gasteiger partial charge in [0.15, 0.2) is 0 Å². The summed E-state index contributed by atoms with van der Waals surface area (Å²) in [6, 6.07) is 4.05. The van der Waals surface area contributed by atoms with Gasteiger partial charge in [0, 0.05) is 11.5 Å². The van der Waals surface area contributed by atoms with Crippen molar-refractivity contribution in [2.24, 2.45) is 0 Å². The van der Waals surface area contributed by atoms with E-state index in [1.54, 1.807) is 0 Å². The van der Waals surface area contributed by atoms with Crippen molar-refractivity contribution >= 4 is 11.6 Å². The van der Waals surface area contributed by atoms with E-state index in [1.165, 1.54) is 43.6 Å². The Kier molecular flexibility index (Phi) is 3.91. The Balaban J connectivity index is 2.40. The van der Waals surface area contributed by atoms with Gasteiger partial charge in [-0.15, -0.1) is 0 Å². The maximum atomic E-state index is 10.1. The predicted molar refractivity (Wildman–Crippen MR) is 77.2 cm³/mol. The normalized spacial score (nSPS) is 18.0. The highest BCUT2D eigenvalue weighted by molar-refractivity contribution is 6.32. The lowest BCUT2D eigenvalue weighted by atomic mass is 9.80. The number of hydrogen-bond donors (Lipinski definition) is 1. The van der Waals surface area contributed by atoms with E-state index >= 15 is 0 Å². The van der Waals surface area contributed by atoms with Crippen LogP contribution in [0.5, 0.6) is 5.75 Å². The lowest BCUT2D eigenvalue weighted by Gasteiger charge is -2.26. The van der Waals surface area contributed by atoms with Gasteiger partial charge in [-0.05, 0) is 29.9 Å². The summed E-state index contributed by atoms with van der Waals surface area (Å²) in [6.07, 6.45) is 6.23. The largest absolute Gasteiger partial charge is 0.506 e. The first-order valence-corrected chi connectivity index (χ1v) is 7.15. The van der Waals surface area contributed by atoms with Gasteiger partial charge in [0.1, 0.15) is 5.75 Å². The number of aromatic hydroxyl groups is 1. The van der Waals surface area contributed by atoms with Crippen LogP contribution in [0.25, 0.3) is 0 Å². The second-order valence-electron chi connectivity index (χ2n) is 6.27. The minimum absolute atomic E-state index is 0.0844. The highest BCUT2D eigenvalue weighted by Gasteiger charge is 2.24. The fraction of sp³-hybridized carbons (Fsp3) is 0.562. The fourth-order valence-corrected chi connectivity index (χ4v) is 2.86. The van der Waals surface area contributed by atoms with Crippen LogP contribution in [0.15, 0.2) is 12.1 Å². The summed E-state index contributed by atoms with van der Waals surface area (Å²) in [5, 5.41) is 10.6. The first kappa shape index (κ1) is 13.7. The van der Waals surface area contributed by atoms with Gasteiger partial charge >= 0.3 is 0 Å². The Bertz CT molecular complexity index is 425. The molecule has 0 aromatic heterocycles. The van der Waals surface area contributed by atoms with Gasteiger partial charge in [0.25, 0.3) is 0 Å². The van der Waals surface area contributed by atoms with Crippen LogP contribution < -0.4 is 0 Å². The lowest BCUT2D eigenvalue weighted by molar-refractivity contribution is 0.446. The lowest BCUT2D eigenvalue weighted by Crippen LogP contribution is -2.13. The SMILES string of the molecule is CC(C)(C)c1cc([C]2CCCCC2)cc(Cl)c1O. The summed E-state index contributed by atoms with van der Waals surface area (Å²) in [7, 11) is 0. The summed E-state index contributed by atoms with van der Waals surface area (Å²) >= 11 is 6.18. The minimum atomic E-state index is -0.0844. The highest BCUT2D eigenvalue weighted by atomic mass is 35.5. The van der Waals surface area contributed by atoms with E-state index in [9.17, 15) is 5.11 Å². The maximum Gasteiger partial charge on any atom is 0.137 e. The van der Waals surface area contributed by atoms with E-state index < -0.39 is 0 Å². The number of phenolic OH excluding ortho intramolecular Hbond substituents is 1. The number of phenols is 1. The van der Waals surface area contributed by atoms with Crippen molar-refractivity contribution in [2.45, 2.75) is 58.3 Å². The van der Waals surface area contributed by atoms with Crippen molar-refractivity contribution in [3.8, 4) is 5.75 Å². The van der Waals surface area contributed by atoms with Gasteiger partial charge < -0.3 is 5.11 Å². The van der Waals surface area contributed by atoms with E-state index in [4.69, 9.17) is 11.6 Å². The molecule has 1 fully saturated rings. The van der Waals surface area contributed by atoms with Crippen LogP contribution in [0.3, 0.4) is 0 Å². The summed E-state index contributed by atoms with van der Waals surface area (Å²) in [5.74, 6) is 1.73. The van der Waals surface area contributed by atoms with Crippen molar-refractivity contribution in [2.75, 3.05) is 0 Å². The maximum absolute atomic E-state index is 10.1. The van der Waals surface area contributed by atoms with E-state index in [2.05, 4.69) is 26.8 Å². The number of benzene rings is 1. The van der Waals surface area contributed by atoms with Crippen molar-refractivity contribution in [1.82, 2.24) is 0 Å². The summed E-state index contributed by atoms with van der Waals surface area (Å²) in [4.78, 5) is 0. The van der Waals surface area contributed by atoms with Crippen molar-refractivity contribution in [3.63, 3.8) is 0 Å². The van der Waals surface area contributed by atoms with E-state index in [-0.39, 0.29) is 11.2 Å². The van der Waals surface area contributed by atoms with Crippen LogP contribution in [0.1, 0.15) is 64.0 Å². The van der Waals surface area contributed by atoms with Crippen molar-refractivity contribution < 1.29 is 5.11 Å². The number of rotatable bonds is 1. The molecule has 0 spiro atoms. The minimum Gasteiger partial charge on any atom is -0.506 e. The van der Waals surface area contributed by atoms with Crippen LogP contribution in [-0.2, 0) is 5.41 Å². The molecule has 0 atom stereocenters. The molecule has 2 rings (SSSR count). The average molecular weight is 266 g/mol. The predicted octanol–water partition coefficient (Wildman–Crippen LogP) is 5.23. The van der Waals surface area contributed by atoms with E-state index in [0.717, 1.165) is 5.56 Å². The molecule has 1 saturated carbocycles. The van der Waals surface area contributed by atoms with Gasteiger partial charge in [-0.3, -0.25) is 0 Å². The molecule has 0 bridgehead atoms. The van der Waals surface area contributed by atoms with E-state index in [1.807, 2.05) is 6.07 Å². The summed E-state index contributed by atoms with van der Waals surface area (Å²) in [5.41, 5.74) is 2.09. The molecule has 18 heavy (non-hydrogen) atoms. The molecule has 1 aromatic carbocycles. The first-order valence-electron chi connectivity index (χ1n) is 6.77. The van der Waals surface area contributed by atoms with E-state index in [0.29, 0.717) is 5.02 Å². The van der Waals surface area contributed by atoms with Gasteiger partial charge in [-0.1, -0.05) is 57.7 Å². The van der Waals surface area contributed by atoms with Crippen LogP contribution in [0.4, 0.5) is 0 Å². The average Bonchev–Trinajstić information content (AvgIpc) is 2.32. The number of hydrogen-bond acceptors (Lipinski definition) is 1. The molecular formula is C16H22ClO. The molecule has 2 heteroatoms. The summed E-state index contributed by atoms with van der Waals surface area (Å²) < 4.78 is 0. The molecular weight excluding hydrogens is 244 g/mol. The third-order valence-electron chi connectivity index (χ3n) is 3.74. The summed E-state index contributed by atoms with van der Waals surface area (Å²) in [6.45, 7) is 6.31. The molecule has 0 aliphatic heterocycles. The van der Waals surface area contributed by atoms with Crippen LogP contribution in [0.2, 0.25) is 5.02 Å². The Hall–Kier alpha value is -0.690. The standard InChI is InChI=1S/C16H22ClO/c1-16(2,3)13-9-12(10-14(17)15(13)18)11-7-5-4-6-8-11/h9-10,18H,4-8H2,1-3H3. The Morgan fingerprint density at radius 3 is 2.22 bits per heavy atom. The molecule has 1 aromatic rings. The smallest absolute Gasteiger partial charge is 0.137 e. The first-order chi connectivity index (χ1) is 8.39. The quantitative estimate of drug-likeness (QED) is 0.737. The molecule has 1 aliphatic carbocycles. The van der Waals surface area contributed by atoms with Crippen LogP contribution in [-0.4, -0.2) is 5.11 Å². The monoisotopic (exact) mass is 265 g/mol. The number of halogens is 1. The zero-order valence-corrected chi connectivity index (χ0v) is 12.3. The van der Waals surface area contributed by atoms with Gasteiger partial charge in [-0.25, -0.2) is 0 Å². The fourth-order valence-electron chi connectivity index (χ4n) is 2.64. The molecule has 1 aliphatic rings. The molecule has 99 valence electrons. The zero-order chi connectivity index (χ0) is 13.3. The third-order valence-corrected chi connectivity index (χ3v) is 4.02. The van der Waals surface area contributed by atoms with Gasteiger partial charge in [0.05, 0.1) is 5.02 Å². The van der Waals surface area contributed by atoms with Crippen LogP contribution in [0, 0.1) is 5.92 Å². The van der Waals surface area contributed by atoms with Gasteiger partial charge in [-0.2, -0.15) is 0 Å². The van der Waals surface area contributed by atoms with Crippen molar-refractivity contribution in [1.29, 1.82) is 0 Å². The van der Waals surface area contributed by atoms with Gasteiger partial charge in [0.2, 0.25) is 0 Å². The zero-order valence-electron chi connectivity index (χ0n) is 11.5. The molecule has 0 amide bonds. The molecule has 0 unspecified atom stereocenters. The molecule has 0 saturated heterocycles.